The van der Waals surface area contributed by atoms with Gasteiger partial charge in [0.25, 0.3) is 0 Å². The van der Waals surface area contributed by atoms with Crippen LogP contribution in [0.5, 0.6) is 11.5 Å². The molecule has 0 heterocycles. The highest BCUT2D eigenvalue weighted by Crippen LogP contribution is 2.34. The molecule has 124 valence electrons. The molecule has 0 aliphatic rings. The highest BCUT2D eigenvalue weighted by molar-refractivity contribution is 5.42. The van der Waals surface area contributed by atoms with Gasteiger partial charge in [-0.15, -0.1) is 0 Å². The van der Waals surface area contributed by atoms with E-state index in [4.69, 9.17) is 9.47 Å². The van der Waals surface area contributed by atoms with Crippen molar-refractivity contribution < 1.29 is 9.47 Å². The van der Waals surface area contributed by atoms with Gasteiger partial charge in [-0.2, -0.15) is 0 Å². The predicted octanol–water partition coefficient (Wildman–Crippen LogP) is 5.59. The third-order valence-electron chi connectivity index (χ3n) is 3.88. The zero-order chi connectivity index (χ0) is 17.0. The van der Waals surface area contributed by atoms with Gasteiger partial charge >= 0.3 is 0 Å². The summed E-state index contributed by atoms with van der Waals surface area (Å²) >= 11 is 0. The Labute approximate surface area is 140 Å². The molecular formula is C21H28O2. The third-order valence-corrected chi connectivity index (χ3v) is 3.88. The molecule has 0 spiro atoms. The molecule has 0 radical (unpaired) electrons. The molecule has 0 unspecified atom stereocenters. The smallest absolute Gasteiger partial charge is 0.119 e. The van der Waals surface area contributed by atoms with E-state index in [2.05, 4.69) is 44.2 Å². The standard InChI is InChI=1S/C21H28O2/c1-15(2)22-19-12-10-17(11-13-19)21(5,6)18-8-7-9-20(14-18)23-16(3)4/h7-16H,1-6H3. The Morgan fingerprint density at radius 2 is 1.26 bits per heavy atom. The fourth-order valence-electron chi connectivity index (χ4n) is 2.62. The molecule has 23 heavy (non-hydrogen) atoms. The summed E-state index contributed by atoms with van der Waals surface area (Å²) in [6, 6.07) is 16.8. The van der Waals surface area contributed by atoms with Crippen LogP contribution in [0.1, 0.15) is 52.7 Å². The van der Waals surface area contributed by atoms with Crippen molar-refractivity contribution in [1.82, 2.24) is 0 Å². The van der Waals surface area contributed by atoms with Crippen LogP contribution in [0.3, 0.4) is 0 Å². The predicted molar refractivity (Wildman–Crippen MR) is 96.5 cm³/mol. The SMILES string of the molecule is CC(C)Oc1ccc(C(C)(C)c2cccc(OC(C)C)c2)cc1. The summed E-state index contributed by atoms with van der Waals surface area (Å²) in [5, 5.41) is 0. The van der Waals surface area contributed by atoms with E-state index in [1.54, 1.807) is 0 Å². The molecule has 2 rings (SSSR count). The van der Waals surface area contributed by atoms with Crippen LogP contribution in [0.4, 0.5) is 0 Å². The Balaban J connectivity index is 2.26. The normalized spacial score (nSPS) is 11.8. The lowest BCUT2D eigenvalue weighted by Gasteiger charge is -2.27. The van der Waals surface area contributed by atoms with E-state index in [0.29, 0.717) is 0 Å². The Kier molecular flexibility index (Phi) is 5.35. The van der Waals surface area contributed by atoms with Gasteiger partial charge in [0, 0.05) is 5.41 Å². The van der Waals surface area contributed by atoms with Crippen LogP contribution in [-0.4, -0.2) is 12.2 Å². The average Bonchev–Trinajstić information content (AvgIpc) is 2.47. The van der Waals surface area contributed by atoms with Gasteiger partial charge in [-0.05, 0) is 63.1 Å². The van der Waals surface area contributed by atoms with E-state index in [0.717, 1.165) is 11.5 Å². The molecule has 0 amide bonds. The molecule has 0 aliphatic heterocycles. The zero-order valence-electron chi connectivity index (χ0n) is 15.1. The summed E-state index contributed by atoms with van der Waals surface area (Å²) in [5.41, 5.74) is 2.41. The van der Waals surface area contributed by atoms with E-state index < -0.39 is 0 Å². The molecular weight excluding hydrogens is 284 g/mol. The fraction of sp³-hybridized carbons (Fsp3) is 0.429. The lowest BCUT2D eigenvalue weighted by molar-refractivity contribution is 0.241. The first-order valence-electron chi connectivity index (χ1n) is 8.33. The van der Waals surface area contributed by atoms with Crippen molar-refractivity contribution in [2.24, 2.45) is 0 Å². The average molecular weight is 312 g/mol. The van der Waals surface area contributed by atoms with E-state index in [9.17, 15) is 0 Å². The van der Waals surface area contributed by atoms with Gasteiger partial charge in [0.2, 0.25) is 0 Å². The van der Waals surface area contributed by atoms with E-state index in [-0.39, 0.29) is 17.6 Å². The molecule has 2 aromatic carbocycles. The number of hydrogen-bond acceptors (Lipinski definition) is 2. The van der Waals surface area contributed by atoms with Crippen molar-refractivity contribution in [3.05, 3.63) is 59.7 Å². The van der Waals surface area contributed by atoms with Gasteiger partial charge < -0.3 is 9.47 Å². The largest absolute Gasteiger partial charge is 0.491 e. The second-order valence-corrected chi connectivity index (χ2v) is 7.01. The van der Waals surface area contributed by atoms with Crippen molar-refractivity contribution in [1.29, 1.82) is 0 Å². The summed E-state index contributed by atoms with van der Waals surface area (Å²) in [7, 11) is 0. The van der Waals surface area contributed by atoms with Gasteiger partial charge in [0.1, 0.15) is 11.5 Å². The molecule has 0 atom stereocenters. The lowest BCUT2D eigenvalue weighted by Crippen LogP contribution is -2.19. The van der Waals surface area contributed by atoms with Gasteiger partial charge in [-0.3, -0.25) is 0 Å². The second-order valence-electron chi connectivity index (χ2n) is 7.01. The molecule has 0 saturated heterocycles. The lowest BCUT2D eigenvalue weighted by atomic mass is 9.78. The van der Waals surface area contributed by atoms with Crippen LogP contribution in [0.2, 0.25) is 0 Å². The Hall–Kier alpha value is -1.96. The van der Waals surface area contributed by atoms with Crippen molar-refractivity contribution in [2.75, 3.05) is 0 Å². The quantitative estimate of drug-likeness (QED) is 0.692. The Bertz CT molecular complexity index is 625. The molecule has 0 aliphatic carbocycles. The highest BCUT2D eigenvalue weighted by Gasteiger charge is 2.23. The molecule has 0 aromatic heterocycles. The molecule has 0 bridgehead atoms. The van der Waals surface area contributed by atoms with Gasteiger partial charge in [-0.25, -0.2) is 0 Å². The zero-order valence-corrected chi connectivity index (χ0v) is 15.1. The minimum atomic E-state index is -0.0906. The number of hydrogen-bond donors (Lipinski definition) is 0. The number of rotatable bonds is 6. The molecule has 0 saturated carbocycles. The van der Waals surface area contributed by atoms with Crippen LogP contribution < -0.4 is 9.47 Å². The molecule has 2 heteroatoms. The summed E-state index contributed by atoms with van der Waals surface area (Å²) in [4.78, 5) is 0. The number of benzene rings is 2. The highest BCUT2D eigenvalue weighted by atomic mass is 16.5. The third kappa shape index (κ3) is 4.51. The van der Waals surface area contributed by atoms with Crippen molar-refractivity contribution >= 4 is 0 Å². The number of ether oxygens (including phenoxy) is 2. The van der Waals surface area contributed by atoms with E-state index in [1.165, 1.54) is 11.1 Å². The van der Waals surface area contributed by atoms with E-state index in [1.807, 2.05) is 45.9 Å². The van der Waals surface area contributed by atoms with Crippen molar-refractivity contribution in [2.45, 2.75) is 59.2 Å². The van der Waals surface area contributed by atoms with Crippen LogP contribution in [0.25, 0.3) is 0 Å². The van der Waals surface area contributed by atoms with Crippen LogP contribution in [0, 0.1) is 0 Å². The molecule has 0 fully saturated rings. The minimum Gasteiger partial charge on any atom is -0.491 e. The minimum absolute atomic E-state index is 0.0906. The van der Waals surface area contributed by atoms with Gasteiger partial charge in [0.15, 0.2) is 0 Å². The fourth-order valence-corrected chi connectivity index (χ4v) is 2.62. The second kappa shape index (κ2) is 7.08. The maximum atomic E-state index is 5.83. The van der Waals surface area contributed by atoms with Crippen LogP contribution in [0.15, 0.2) is 48.5 Å². The maximum absolute atomic E-state index is 5.83. The molecule has 2 nitrogen and oxygen atoms in total. The first kappa shape index (κ1) is 17.4. The van der Waals surface area contributed by atoms with Gasteiger partial charge in [-0.1, -0.05) is 38.1 Å². The summed E-state index contributed by atoms with van der Waals surface area (Å²) in [6.45, 7) is 12.6. The Morgan fingerprint density at radius 1 is 0.696 bits per heavy atom. The first-order valence-corrected chi connectivity index (χ1v) is 8.33. The monoisotopic (exact) mass is 312 g/mol. The van der Waals surface area contributed by atoms with Crippen LogP contribution in [-0.2, 0) is 5.41 Å². The van der Waals surface area contributed by atoms with Crippen LogP contribution >= 0.6 is 0 Å². The topological polar surface area (TPSA) is 18.5 Å². The summed E-state index contributed by atoms with van der Waals surface area (Å²) in [5.74, 6) is 1.83. The van der Waals surface area contributed by atoms with Crippen molar-refractivity contribution in [3.8, 4) is 11.5 Å². The Morgan fingerprint density at radius 3 is 1.83 bits per heavy atom. The first-order chi connectivity index (χ1) is 10.8. The summed E-state index contributed by atoms with van der Waals surface area (Å²) < 4.78 is 11.6. The van der Waals surface area contributed by atoms with Crippen molar-refractivity contribution in [3.63, 3.8) is 0 Å². The molecule has 2 aromatic rings. The summed E-state index contributed by atoms with van der Waals surface area (Å²) in [6.07, 6.45) is 0.375. The van der Waals surface area contributed by atoms with Gasteiger partial charge in [0.05, 0.1) is 12.2 Å². The molecule has 0 N–H and O–H groups in total. The maximum Gasteiger partial charge on any atom is 0.119 e. The van der Waals surface area contributed by atoms with E-state index >= 15 is 0 Å².